The van der Waals surface area contributed by atoms with Crippen LogP contribution in [0.1, 0.15) is 16.1 Å². The molecular weight excluding hydrogens is 286 g/mol. The number of H-pyrrole nitrogens is 1. The number of aromatic nitrogens is 1. The fourth-order valence-electron chi connectivity index (χ4n) is 2.32. The molecule has 0 bridgehead atoms. The highest BCUT2D eigenvalue weighted by molar-refractivity contribution is 6.04. The zero-order valence-corrected chi connectivity index (χ0v) is 12.4. The summed E-state index contributed by atoms with van der Waals surface area (Å²) in [4.78, 5) is 15.3. The number of carbonyl (C=O) groups is 1. The minimum atomic E-state index is -0.130. The first kappa shape index (κ1) is 14.6. The number of amides is 1. The van der Waals surface area contributed by atoms with E-state index in [4.69, 9.17) is 5.26 Å². The van der Waals surface area contributed by atoms with E-state index in [0.717, 1.165) is 22.6 Å². The Morgan fingerprint density at radius 3 is 2.43 bits per heavy atom. The highest BCUT2D eigenvalue weighted by Gasteiger charge is 2.06. The van der Waals surface area contributed by atoms with Gasteiger partial charge in [-0.1, -0.05) is 30.3 Å². The summed E-state index contributed by atoms with van der Waals surface area (Å²) in [6.07, 6.45) is 0.366. The summed E-state index contributed by atoms with van der Waals surface area (Å²) in [5.41, 5.74) is 4.22. The molecule has 0 aliphatic carbocycles. The quantitative estimate of drug-likeness (QED) is 0.764. The second kappa shape index (κ2) is 6.63. The maximum atomic E-state index is 12.1. The van der Waals surface area contributed by atoms with Crippen LogP contribution in [0.3, 0.4) is 0 Å². The third-order valence-corrected chi connectivity index (χ3v) is 3.51. The van der Waals surface area contributed by atoms with E-state index in [1.54, 1.807) is 12.1 Å². The number of aromatic amines is 1. The van der Waals surface area contributed by atoms with Crippen molar-refractivity contribution in [3.8, 4) is 17.3 Å². The van der Waals surface area contributed by atoms with Crippen LogP contribution in [-0.2, 0) is 6.42 Å². The number of carbonyl (C=O) groups excluding carboxylic acids is 1. The molecule has 3 rings (SSSR count). The Balaban J connectivity index is 1.72. The predicted molar refractivity (Wildman–Crippen MR) is 89.9 cm³/mol. The SMILES string of the molecule is N#CCc1ccc(-c2ccc(NC(=O)c3ccccc3)cc2)[nH]1. The van der Waals surface area contributed by atoms with E-state index in [9.17, 15) is 4.79 Å². The molecule has 0 radical (unpaired) electrons. The average molecular weight is 301 g/mol. The number of hydrogen-bond acceptors (Lipinski definition) is 2. The lowest BCUT2D eigenvalue weighted by Gasteiger charge is -2.06. The largest absolute Gasteiger partial charge is 0.358 e. The topological polar surface area (TPSA) is 68.7 Å². The third kappa shape index (κ3) is 3.47. The number of nitrogens with zero attached hydrogens (tertiary/aromatic N) is 1. The van der Waals surface area contributed by atoms with E-state index in [2.05, 4.69) is 16.4 Å². The van der Waals surface area contributed by atoms with Gasteiger partial charge in [0.2, 0.25) is 0 Å². The Bertz CT molecular complexity index is 842. The number of anilines is 1. The molecule has 3 aromatic rings. The van der Waals surface area contributed by atoms with Crippen molar-refractivity contribution in [1.82, 2.24) is 4.98 Å². The molecular formula is C19H15N3O. The van der Waals surface area contributed by atoms with Gasteiger partial charge in [-0.15, -0.1) is 0 Å². The van der Waals surface area contributed by atoms with Gasteiger partial charge in [0.1, 0.15) is 0 Å². The summed E-state index contributed by atoms with van der Waals surface area (Å²) in [5, 5.41) is 11.6. The van der Waals surface area contributed by atoms with Gasteiger partial charge in [-0.25, -0.2) is 0 Å². The molecule has 4 nitrogen and oxygen atoms in total. The zero-order chi connectivity index (χ0) is 16.1. The van der Waals surface area contributed by atoms with Crippen molar-refractivity contribution >= 4 is 11.6 Å². The molecule has 0 aliphatic rings. The summed E-state index contributed by atoms with van der Waals surface area (Å²) in [5.74, 6) is -0.130. The van der Waals surface area contributed by atoms with E-state index < -0.39 is 0 Å². The Labute approximate surface area is 134 Å². The van der Waals surface area contributed by atoms with Gasteiger partial charge >= 0.3 is 0 Å². The lowest BCUT2D eigenvalue weighted by atomic mass is 10.1. The van der Waals surface area contributed by atoms with Crippen molar-refractivity contribution in [3.63, 3.8) is 0 Å². The van der Waals surface area contributed by atoms with E-state index in [1.807, 2.05) is 54.6 Å². The van der Waals surface area contributed by atoms with Crippen molar-refractivity contribution in [3.05, 3.63) is 78.0 Å². The van der Waals surface area contributed by atoms with Gasteiger partial charge in [-0.3, -0.25) is 4.79 Å². The average Bonchev–Trinajstić information content (AvgIpc) is 3.05. The van der Waals surface area contributed by atoms with Gasteiger partial charge in [0.15, 0.2) is 0 Å². The number of nitrogens with one attached hydrogen (secondary N) is 2. The molecule has 2 N–H and O–H groups in total. The summed E-state index contributed by atoms with van der Waals surface area (Å²) in [6.45, 7) is 0. The second-order valence-electron chi connectivity index (χ2n) is 5.13. The molecule has 1 aromatic heterocycles. The monoisotopic (exact) mass is 301 g/mol. The minimum absolute atomic E-state index is 0.130. The summed E-state index contributed by atoms with van der Waals surface area (Å²) < 4.78 is 0. The van der Waals surface area contributed by atoms with Crippen molar-refractivity contribution in [2.45, 2.75) is 6.42 Å². The summed E-state index contributed by atoms with van der Waals surface area (Å²) in [7, 11) is 0. The minimum Gasteiger partial charge on any atom is -0.358 e. The first-order valence-electron chi connectivity index (χ1n) is 7.28. The number of rotatable bonds is 4. The number of nitriles is 1. The first-order chi connectivity index (χ1) is 11.3. The van der Waals surface area contributed by atoms with Gasteiger partial charge in [0.25, 0.3) is 5.91 Å². The Kier molecular flexibility index (Phi) is 4.21. The molecule has 112 valence electrons. The van der Waals surface area contributed by atoms with E-state index in [1.165, 1.54) is 0 Å². The molecule has 0 saturated heterocycles. The standard InChI is InChI=1S/C19H15N3O/c20-13-12-17-10-11-18(21-17)14-6-8-16(9-7-14)22-19(23)15-4-2-1-3-5-15/h1-11,21H,12H2,(H,22,23). The highest BCUT2D eigenvalue weighted by atomic mass is 16.1. The molecule has 2 aromatic carbocycles. The van der Waals surface area contributed by atoms with Crippen LogP contribution in [0.15, 0.2) is 66.7 Å². The molecule has 1 heterocycles. The van der Waals surface area contributed by atoms with Gasteiger partial charge in [-0.05, 0) is 42.0 Å². The van der Waals surface area contributed by atoms with Crippen LogP contribution in [0, 0.1) is 11.3 Å². The van der Waals surface area contributed by atoms with Gasteiger partial charge < -0.3 is 10.3 Å². The van der Waals surface area contributed by atoms with Gasteiger partial charge in [0, 0.05) is 22.6 Å². The Morgan fingerprint density at radius 1 is 1.00 bits per heavy atom. The smallest absolute Gasteiger partial charge is 0.255 e. The normalized spacial score (nSPS) is 10.0. The molecule has 0 aliphatic heterocycles. The molecule has 0 saturated carbocycles. The lowest BCUT2D eigenvalue weighted by Crippen LogP contribution is -2.11. The van der Waals surface area contributed by atoms with Gasteiger partial charge in [-0.2, -0.15) is 5.26 Å². The fourth-order valence-corrected chi connectivity index (χ4v) is 2.32. The van der Waals surface area contributed by atoms with E-state index in [-0.39, 0.29) is 5.91 Å². The third-order valence-electron chi connectivity index (χ3n) is 3.51. The van der Waals surface area contributed by atoms with Crippen molar-refractivity contribution < 1.29 is 4.79 Å². The molecule has 0 unspecified atom stereocenters. The van der Waals surface area contributed by atoms with Crippen LogP contribution in [0.4, 0.5) is 5.69 Å². The van der Waals surface area contributed by atoms with Crippen LogP contribution < -0.4 is 5.32 Å². The van der Waals surface area contributed by atoms with Crippen LogP contribution >= 0.6 is 0 Å². The van der Waals surface area contributed by atoms with Crippen LogP contribution in [0.5, 0.6) is 0 Å². The molecule has 23 heavy (non-hydrogen) atoms. The number of hydrogen-bond donors (Lipinski definition) is 2. The first-order valence-corrected chi connectivity index (χ1v) is 7.28. The molecule has 0 spiro atoms. The number of benzene rings is 2. The van der Waals surface area contributed by atoms with E-state index >= 15 is 0 Å². The summed E-state index contributed by atoms with van der Waals surface area (Å²) in [6, 6.07) is 22.7. The maximum Gasteiger partial charge on any atom is 0.255 e. The Hall–Kier alpha value is -3.32. The zero-order valence-electron chi connectivity index (χ0n) is 12.4. The predicted octanol–water partition coefficient (Wildman–Crippen LogP) is 4.00. The Morgan fingerprint density at radius 2 is 1.74 bits per heavy atom. The fraction of sp³-hybridized carbons (Fsp3) is 0.0526. The second-order valence-corrected chi connectivity index (χ2v) is 5.13. The van der Waals surface area contributed by atoms with Crippen molar-refractivity contribution in [2.24, 2.45) is 0 Å². The van der Waals surface area contributed by atoms with Crippen LogP contribution in [0.2, 0.25) is 0 Å². The van der Waals surface area contributed by atoms with Crippen LogP contribution in [0.25, 0.3) is 11.3 Å². The molecule has 0 atom stereocenters. The van der Waals surface area contributed by atoms with Crippen LogP contribution in [-0.4, -0.2) is 10.9 Å². The van der Waals surface area contributed by atoms with Gasteiger partial charge in [0.05, 0.1) is 12.5 Å². The molecule has 1 amide bonds. The van der Waals surface area contributed by atoms with Crippen molar-refractivity contribution in [1.29, 1.82) is 5.26 Å². The molecule has 4 heteroatoms. The summed E-state index contributed by atoms with van der Waals surface area (Å²) >= 11 is 0. The van der Waals surface area contributed by atoms with Crippen molar-refractivity contribution in [2.75, 3.05) is 5.32 Å². The highest BCUT2D eigenvalue weighted by Crippen LogP contribution is 2.21. The van der Waals surface area contributed by atoms with E-state index in [0.29, 0.717) is 12.0 Å². The maximum absolute atomic E-state index is 12.1. The molecule has 0 fully saturated rings. The lowest BCUT2D eigenvalue weighted by molar-refractivity contribution is 0.102.